The van der Waals surface area contributed by atoms with E-state index in [4.69, 9.17) is 4.74 Å². The van der Waals surface area contributed by atoms with Crippen LogP contribution < -0.4 is 5.32 Å². The van der Waals surface area contributed by atoms with Crippen molar-refractivity contribution >= 4 is 0 Å². The van der Waals surface area contributed by atoms with Crippen LogP contribution in [0.5, 0.6) is 0 Å². The largest absolute Gasteiger partial charge is 0.378 e. The number of nitrogens with zero attached hydrogens (tertiary/aromatic N) is 1. The molecule has 2 fully saturated rings. The zero-order chi connectivity index (χ0) is 12.1. The monoisotopic (exact) mass is 236 g/mol. The fraction of sp³-hybridized carbons (Fsp3) is 0.929. The lowest BCUT2D eigenvalue weighted by Gasteiger charge is -2.22. The van der Waals surface area contributed by atoms with Gasteiger partial charge < -0.3 is 4.74 Å². The zero-order valence-corrected chi connectivity index (χ0v) is 10.9. The molecule has 1 N–H and O–H groups in total. The molecular formula is C14H24N2O. The number of nitriles is 1. The fourth-order valence-corrected chi connectivity index (χ4v) is 2.62. The average Bonchev–Trinajstić information content (AvgIpc) is 3.08. The van der Waals surface area contributed by atoms with Gasteiger partial charge in [-0.2, -0.15) is 5.26 Å². The van der Waals surface area contributed by atoms with Gasteiger partial charge in [0.2, 0.25) is 0 Å². The summed E-state index contributed by atoms with van der Waals surface area (Å²) in [6.07, 6.45) is 8.25. The number of nitrogens with one attached hydrogen (secondary N) is 1. The Balaban J connectivity index is 1.70. The maximum Gasteiger partial charge on any atom is 0.109 e. The molecular weight excluding hydrogens is 212 g/mol. The molecule has 3 heteroatoms. The second-order valence-corrected chi connectivity index (χ2v) is 5.59. The molecule has 17 heavy (non-hydrogen) atoms. The third-order valence-electron chi connectivity index (χ3n) is 3.97. The smallest absolute Gasteiger partial charge is 0.109 e. The molecule has 0 saturated heterocycles. The number of rotatable bonds is 7. The van der Waals surface area contributed by atoms with Gasteiger partial charge in [0.1, 0.15) is 5.54 Å². The molecule has 0 spiro atoms. The van der Waals surface area contributed by atoms with E-state index in [1.165, 1.54) is 19.3 Å². The maximum absolute atomic E-state index is 9.32. The van der Waals surface area contributed by atoms with E-state index in [2.05, 4.69) is 18.3 Å². The first-order valence-electron chi connectivity index (χ1n) is 7.06. The molecule has 2 atom stereocenters. The van der Waals surface area contributed by atoms with E-state index in [0.29, 0.717) is 6.10 Å². The highest BCUT2D eigenvalue weighted by Gasteiger charge is 2.39. The number of hydrogen-bond acceptors (Lipinski definition) is 3. The SMILES string of the molecule is CCCNC1(C#N)CCC(OCCC2CC2)C1. The molecule has 0 radical (unpaired) electrons. The second-order valence-electron chi connectivity index (χ2n) is 5.59. The highest BCUT2D eigenvalue weighted by molar-refractivity contribution is 5.12. The predicted octanol–water partition coefficient (Wildman–Crippen LogP) is 2.62. The van der Waals surface area contributed by atoms with Gasteiger partial charge in [0.25, 0.3) is 0 Å². The third kappa shape index (κ3) is 3.69. The molecule has 2 aliphatic carbocycles. The lowest BCUT2D eigenvalue weighted by Crippen LogP contribution is -2.42. The van der Waals surface area contributed by atoms with Crippen molar-refractivity contribution in [2.75, 3.05) is 13.2 Å². The Morgan fingerprint density at radius 3 is 2.88 bits per heavy atom. The van der Waals surface area contributed by atoms with Crippen molar-refractivity contribution in [3.63, 3.8) is 0 Å². The molecule has 0 aromatic carbocycles. The molecule has 2 saturated carbocycles. The van der Waals surface area contributed by atoms with Gasteiger partial charge in [-0.1, -0.05) is 19.8 Å². The van der Waals surface area contributed by atoms with Crippen molar-refractivity contribution in [1.29, 1.82) is 5.26 Å². The first-order chi connectivity index (χ1) is 8.28. The molecule has 2 rings (SSSR count). The summed E-state index contributed by atoms with van der Waals surface area (Å²) >= 11 is 0. The van der Waals surface area contributed by atoms with Crippen molar-refractivity contribution in [3.05, 3.63) is 0 Å². The molecule has 0 amide bonds. The summed E-state index contributed by atoms with van der Waals surface area (Å²) in [4.78, 5) is 0. The summed E-state index contributed by atoms with van der Waals surface area (Å²) in [5, 5.41) is 12.7. The summed E-state index contributed by atoms with van der Waals surface area (Å²) in [7, 11) is 0. The van der Waals surface area contributed by atoms with E-state index in [-0.39, 0.29) is 5.54 Å². The van der Waals surface area contributed by atoms with Gasteiger partial charge in [0, 0.05) is 13.0 Å². The van der Waals surface area contributed by atoms with Gasteiger partial charge in [-0.15, -0.1) is 0 Å². The van der Waals surface area contributed by atoms with Crippen molar-refractivity contribution in [2.24, 2.45) is 5.92 Å². The van der Waals surface area contributed by atoms with E-state index in [1.807, 2.05) is 0 Å². The summed E-state index contributed by atoms with van der Waals surface area (Å²) in [6, 6.07) is 2.46. The standard InChI is InChI=1S/C14H24N2O/c1-2-8-16-14(11-15)7-5-13(10-14)17-9-6-12-3-4-12/h12-13,16H,2-10H2,1H3. The van der Waals surface area contributed by atoms with E-state index < -0.39 is 0 Å². The van der Waals surface area contributed by atoms with Gasteiger partial charge >= 0.3 is 0 Å². The minimum atomic E-state index is -0.305. The molecule has 96 valence electrons. The van der Waals surface area contributed by atoms with Gasteiger partial charge in [0.05, 0.1) is 12.2 Å². The normalized spacial score (nSPS) is 32.6. The Morgan fingerprint density at radius 2 is 2.24 bits per heavy atom. The van der Waals surface area contributed by atoms with E-state index in [1.54, 1.807) is 0 Å². The fourth-order valence-electron chi connectivity index (χ4n) is 2.62. The highest BCUT2D eigenvalue weighted by atomic mass is 16.5. The molecule has 0 aromatic heterocycles. The van der Waals surface area contributed by atoms with Crippen LogP contribution in [0.2, 0.25) is 0 Å². The number of hydrogen-bond donors (Lipinski definition) is 1. The lowest BCUT2D eigenvalue weighted by molar-refractivity contribution is 0.0508. The first-order valence-corrected chi connectivity index (χ1v) is 7.06. The summed E-state index contributed by atoms with van der Waals surface area (Å²) < 4.78 is 5.90. The van der Waals surface area contributed by atoms with Crippen LogP contribution in [0.4, 0.5) is 0 Å². The van der Waals surface area contributed by atoms with Crippen LogP contribution >= 0.6 is 0 Å². The molecule has 2 unspecified atom stereocenters. The van der Waals surface area contributed by atoms with Crippen LogP contribution in [-0.4, -0.2) is 24.8 Å². The molecule has 0 aliphatic heterocycles. The molecule has 3 nitrogen and oxygen atoms in total. The Labute approximate surface area is 105 Å². The van der Waals surface area contributed by atoms with Crippen molar-refractivity contribution in [1.82, 2.24) is 5.32 Å². The maximum atomic E-state index is 9.32. The topological polar surface area (TPSA) is 45.0 Å². The van der Waals surface area contributed by atoms with E-state index in [0.717, 1.165) is 44.8 Å². The van der Waals surface area contributed by atoms with Crippen LogP contribution in [-0.2, 0) is 4.74 Å². The Hall–Kier alpha value is -0.590. The van der Waals surface area contributed by atoms with Crippen molar-refractivity contribution in [3.8, 4) is 6.07 Å². The summed E-state index contributed by atoms with van der Waals surface area (Å²) in [5.41, 5.74) is -0.305. The summed E-state index contributed by atoms with van der Waals surface area (Å²) in [6.45, 7) is 3.96. The van der Waals surface area contributed by atoms with Gasteiger partial charge in [-0.25, -0.2) is 0 Å². The summed E-state index contributed by atoms with van der Waals surface area (Å²) in [5.74, 6) is 0.940. The highest BCUT2D eigenvalue weighted by Crippen LogP contribution is 2.34. The van der Waals surface area contributed by atoms with Crippen LogP contribution in [0.15, 0.2) is 0 Å². The molecule has 0 aromatic rings. The van der Waals surface area contributed by atoms with E-state index >= 15 is 0 Å². The minimum absolute atomic E-state index is 0.303. The first kappa shape index (κ1) is 12.9. The van der Waals surface area contributed by atoms with Crippen molar-refractivity contribution in [2.45, 2.75) is 63.5 Å². The predicted molar refractivity (Wildman–Crippen MR) is 67.6 cm³/mol. The number of ether oxygens (including phenoxy) is 1. The Kier molecular flexibility index (Phi) is 4.42. The Morgan fingerprint density at radius 1 is 1.41 bits per heavy atom. The van der Waals surface area contributed by atoms with Gasteiger partial charge in [-0.05, 0) is 38.1 Å². The molecule has 2 aliphatic rings. The molecule has 0 heterocycles. The van der Waals surface area contributed by atoms with Crippen LogP contribution in [0, 0.1) is 17.2 Å². The average molecular weight is 236 g/mol. The second kappa shape index (κ2) is 5.84. The third-order valence-corrected chi connectivity index (χ3v) is 3.97. The quantitative estimate of drug-likeness (QED) is 0.739. The Bertz CT molecular complexity index is 282. The van der Waals surface area contributed by atoms with Crippen LogP contribution in [0.1, 0.15) is 51.9 Å². The van der Waals surface area contributed by atoms with Gasteiger partial charge in [0.15, 0.2) is 0 Å². The zero-order valence-electron chi connectivity index (χ0n) is 10.9. The van der Waals surface area contributed by atoms with Crippen LogP contribution in [0.3, 0.4) is 0 Å². The van der Waals surface area contributed by atoms with Gasteiger partial charge in [-0.3, -0.25) is 5.32 Å². The molecule has 0 bridgehead atoms. The van der Waals surface area contributed by atoms with Crippen molar-refractivity contribution < 1.29 is 4.74 Å². The van der Waals surface area contributed by atoms with E-state index in [9.17, 15) is 5.26 Å². The minimum Gasteiger partial charge on any atom is -0.378 e. The lowest BCUT2D eigenvalue weighted by atomic mass is 9.99. The van der Waals surface area contributed by atoms with Crippen LogP contribution in [0.25, 0.3) is 0 Å².